The first kappa shape index (κ1) is 123. The van der Waals surface area contributed by atoms with E-state index in [1.54, 1.807) is 19.2 Å². The number of rotatable bonds is 31. The maximum Gasteiger partial charge on any atom is 0.320 e. The van der Waals surface area contributed by atoms with Gasteiger partial charge < -0.3 is 118 Å². The van der Waals surface area contributed by atoms with Crippen molar-refractivity contribution >= 4 is 71.3 Å². The second-order valence-corrected chi connectivity index (χ2v) is 29.8. The van der Waals surface area contributed by atoms with Gasteiger partial charge >= 0.3 is 59.7 Å². The van der Waals surface area contributed by atoms with Gasteiger partial charge in [0.25, 0.3) is 0 Å². The number of hydrogen-bond donors (Lipinski definition) is 21. The molecule has 0 aromatic heterocycles. The number of hydrogen-bond acceptors (Lipinski definition) is 22. The molecule has 0 saturated heterocycles. The van der Waals surface area contributed by atoms with E-state index in [0.29, 0.717) is 30.0 Å². The van der Waals surface area contributed by atoms with Crippen molar-refractivity contribution in [2.45, 2.75) is 132 Å². The number of aryl methyl sites for hydroxylation is 1. The molecule has 0 radical (unpaired) electrons. The van der Waals surface area contributed by atoms with Crippen molar-refractivity contribution in [1.29, 1.82) is 0 Å². The van der Waals surface area contributed by atoms with Gasteiger partial charge in [-0.1, -0.05) is 90.0 Å². The standard InChI is InChI=1S/C10H13NO3.C10H13NO2.C9H9ClFNO2.C9H8F3NO2.5C9H9F2NO2.C9H10FNO3/c1-14-8-4-2-7(3-5-8)6-9(11)10(12)13;1-7-2-4-8(5-3-7)6-9(11)10(12)13;10-6-3-5(1-2-7(6)11)4-8(12)9(13)14;10-5-1-4(2-6(11)8(5)12)3-7(13)9(14)15;10-6-1-5(2-7(11)4-6)3-8(12)9(13)14;10-6-1-2-7(11)5(3-6)4-8(12)9(13)14;10-6-2-1-5(7(11)4-6)3-8(12)9(13)14;10-6-2-1-5(3-7(6)11)4-8(12)9(13)14;10-6-3-1-2-5(8(6)11)4-7(12)9(13)14;10-7-4-6(12)2-1-5(7)3-8(11)9(13)14/h2-5,9H,6,11H2,1H3,(H,12,13);2-5,9H,6,11H2,1H3,(H,12,13);1-3,8H,4,12H2,(H,13,14);1-2,7H,3,13H2,(H,14,15);1-2,4,8H,3,12H2,(H,13,14);1-3,8H,4,12H2,(H,13,14);1-2,4,8H,3,12H2,(H,13,14);1-3,8H,4,12H2,(H,13,14);1-3,7H,4,12H2,(H,13,14);1-2,4,8,12H,3,11H2,(H,13,14). The van der Waals surface area contributed by atoms with Gasteiger partial charge in [0.05, 0.1) is 12.1 Å². The highest BCUT2D eigenvalue weighted by molar-refractivity contribution is 6.30. The van der Waals surface area contributed by atoms with Crippen LogP contribution in [0.4, 0.5) is 65.9 Å². The molecule has 0 aliphatic heterocycles. The monoisotopic (exact) mass is 2010 g/mol. The van der Waals surface area contributed by atoms with Gasteiger partial charge in [-0.2, -0.15) is 0 Å². The number of carbonyl (C=O) groups is 10. The first-order valence-electron chi connectivity index (χ1n) is 39.9. The third-order valence-corrected chi connectivity index (χ3v) is 18.3. The molecule has 31 N–H and O–H groups in total. The summed E-state index contributed by atoms with van der Waals surface area (Å²) in [6, 6.07) is 28.4. The summed E-state index contributed by atoms with van der Waals surface area (Å²) in [5.41, 5.74) is 56.9. The van der Waals surface area contributed by atoms with Gasteiger partial charge in [-0.05, 0) is 198 Å². The van der Waals surface area contributed by atoms with Crippen LogP contribution in [0.2, 0.25) is 5.02 Å². The summed E-state index contributed by atoms with van der Waals surface area (Å²) < 4.78 is 196. The van der Waals surface area contributed by atoms with Crippen LogP contribution >= 0.6 is 11.6 Å². The predicted octanol–water partition coefficient (Wildman–Crippen LogP) is 9.17. The number of ether oxygens (including phenoxy) is 1. The van der Waals surface area contributed by atoms with Crippen LogP contribution in [0.25, 0.3) is 0 Å². The molecule has 0 fully saturated rings. The predicted molar refractivity (Wildman–Crippen MR) is 475 cm³/mol. The van der Waals surface area contributed by atoms with E-state index < -0.39 is 207 Å². The first-order chi connectivity index (χ1) is 65.2. The maximum absolute atomic E-state index is 13.1. The minimum atomic E-state index is -1.58. The highest BCUT2D eigenvalue weighted by atomic mass is 35.5. The van der Waals surface area contributed by atoms with Crippen molar-refractivity contribution in [2.75, 3.05) is 7.11 Å². The van der Waals surface area contributed by atoms with E-state index in [-0.39, 0.29) is 95.5 Å². The van der Waals surface area contributed by atoms with Crippen molar-refractivity contribution < 1.29 is 175 Å². The second-order valence-electron chi connectivity index (χ2n) is 29.4. The number of benzene rings is 10. The van der Waals surface area contributed by atoms with Crippen LogP contribution in [0.3, 0.4) is 0 Å². The molecule has 48 heteroatoms. The number of halogens is 16. The minimum absolute atomic E-state index is 0.00120. The number of nitrogens with two attached hydrogens (primary N) is 10. The van der Waals surface area contributed by atoms with E-state index >= 15 is 0 Å². The average molecular weight is 2020 g/mol. The molecule has 0 bridgehead atoms. The summed E-state index contributed by atoms with van der Waals surface area (Å²) in [4.78, 5) is 104. The Bertz CT molecular complexity index is 5580. The normalized spacial score (nSPS) is 12.5. The lowest BCUT2D eigenvalue weighted by Crippen LogP contribution is -2.32. The highest BCUT2D eigenvalue weighted by Crippen LogP contribution is 2.22. The second kappa shape index (κ2) is 62.2. The van der Waals surface area contributed by atoms with Crippen LogP contribution in [0.15, 0.2) is 188 Å². The summed E-state index contributed by atoms with van der Waals surface area (Å²) >= 11 is 5.51. The molecule has 0 aliphatic carbocycles. The fourth-order valence-electron chi connectivity index (χ4n) is 10.4. The summed E-state index contributed by atoms with van der Waals surface area (Å²) in [5, 5.41) is 93.8. The minimum Gasteiger partial charge on any atom is -0.508 e. The zero-order valence-electron chi connectivity index (χ0n) is 73.5. The average Bonchev–Trinajstić information content (AvgIpc) is 0.838. The lowest BCUT2D eigenvalue weighted by molar-refractivity contribution is -0.139. The molecule has 10 atom stereocenters. The van der Waals surface area contributed by atoms with E-state index in [1.165, 1.54) is 54.6 Å². The van der Waals surface area contributed by atoms with E-state index in [9.17, 15) is 114 Å². The van der Waals surface area contributed by atoms with Gasteiger partial charge in [-0.25, -0.2) is 65.9 Å². The topological polar surface area (TPSA) is 663 Å². The van der Waals surface area contributed by atoms with Gasteiger partial charge in [0.1, 0.15) is 118 Å². The van der Waals surface area contributed by atoms with Crippen LogP contribution in [0.1, 0.15) is 61.2 Å². The van der Waals surface area contributed by atoms with E-state index in [0.717, 1.165) is 101 Å². The SMILES string of the molecule is COc1ccc(CC(N)C(=O)O)cc1.Cc1ccc(CC(N)C(=O)O)cc1.NC(Cc1cc(F)c(F)c(F)c1)C(=O)O.NC(Cc1cc(F)cc(F)c1)C(=O)O.NC(Cc1cc(F)ccc1F)C(=O)O.NC(Cc1ccc(F)c(Cl)c1)C(=O)O.NC(Cc1ccc(F)c(F)c1)C(=O)O.NC(Cc1ccc(F)cc1F)C(=O)O.NC(Cc1ccc(O)cc1F)C(=O)O.NC(Cc1cccc(F)c1F)C(=O)O. The van der Waals surface area contributed by atoms with E-state index in [2.05, 4.69) is 0 Å². The molecule has 10 rings (SSSR count). The van der Waals surface area contributed by atoms with Gasteiger partial charge in [0.15, 0.2) is 40.7 Å². The molecular formula is C92H98ClF15N10O22. The quantitative estimate of drug-likeness (QED) is 0.0142. The molecule has 32 nitrogen and oxygen atoms in total. The summed E-state index contributed by atoms with van der Waals surface area (Å²) in [6.45, 7) is 1.99. The molecule has 0 heterocycles. The number of phenolic OH excluding ortho intramolecular Hbond substituents is 1. The zero-order chi connectivity index (χ0) is 107. The third-order valence-electron chi connectivity index (χ3n) is 18.0. The lowest BCUT2D eigenvalue weighted by Gasteiger charge is -2.07. The molecule has 0 spiro atoms. The van der Waals surface area contributed by atoms with Gasteiger partial charge in [-0.3, -0.25) is 47.9 Å². The fourth-order valence-corrected chi connectivity index (χ4v) is 10.6. The molecule has 10 unspecified atom stereocenters. The van der Waals surface area contributed by atoms with Crippen LogP contribution < -0.4 is 62.1 Å². The lowest BCUT2D eigenvalue weighted by atomic mass is 10.1. The van der Waals surface area contributed by atoms with Crippen molar-refractivity contribution in [2.24, 2.45) is 57.3 Å². The molecular weight excluding hydrogens is 1920 g/mol. The Balaban J connectivity index is 0.000000778. The van der Waals surface area contributed by atoms with Crippen LogP contribution in [0.5, 0.6) is 11.5 Å². The number of phenols is 1. The fraction of sp³-hybridized carbons (Fsp3) is 0.239. The van der Waals surface area contributed by atoms with Crippen molar-refractivity contribution in [3.63, 3.8) is 0 Å². The van der Waals surface area contributed by atoms with Gasteiger partial charge in [0.2, 0.25) is 0 Å². The zero-order valence-corrected chi connectivity index (χ0v) is 74.2. The molecule has 10 aromatic carbocycles. The van der Waals surface area contributed by atoms with Crippen molar-refractivity contribution in [1.82, 2.24) is 0 Å². The summed E-state index contributed by atoms with van der Waals surface area (Å²) in [7, 11) is 1.58. The Kier molecular flexibility index (Phi) is 54.8. The molecule has 0 amide bonds. The Hall–Kier alpha value is -14.7. The van der Waals surface area contributed by atoms with Crippen molar-refractivity contribution in [3.05, 3.63) is 342 Å². The van der Waals surface area contributed by atoms with E-state index in [1.807, 2.05) is 43.3 Å². The first-order valence-corrected chi connectivity index (χ1v) is 40.3. The van der Waals surface area contributed by atoms with E-state index in [4.69, 9.17) is 130 Å². The highest BCUT2D eigenvalue weighted by Gasteiger charge is 2.24. The number of methoxy groups -OCH3 is 1. The number of carboxylic acids is 10. The smallest absolute Gasteiger partial charge is 0.320 e. The van der Waals surface area contributed by atoms with Crippen LogP contribution in [0, 0.1) is 94.2 Å². The Labute approximate surface area is 791 Å². The molecule has 0 aliphatic rings. The molecule has 760 valence electrons. The number of carboxylic acid groups (broad SMARTS) is 10. The summed E-state index contributed by atoms with van der Waals surface area (Å²) in [6.07, 6.45) is -0.217. The Morgan fingerprint density at radius 3 is 0.943 bits per heavy atom. The Morgan fingerprint density at radius 1 is 0.257 bits per heavy atom. The van der Waals surface area contributed by atoms with Gasteiger partial charge in [0, 0.05) is 43.9 Å². The van der Waals surface area contributed by atoms with Gasteiger partial charge in [-0.15, -0.1) is 0 Å². The van der Waals surface area contributed by atoms with Crippen LogP contribution in [-0.4, -0.2) is 183 Å². The molecule has 10 aromatic rings. The summed E-state index contributed by atoms with van der Waals surface area (Å²) in [5.74, 6) is -24.7. The largest absolute Gasteiger partial charge is 0.508 e. The number of aliphatic carboxylic acids is 10. The molecule has 0 saturated carbocycles. The molecule has 140 heavy (non-hydrogen) atoms. The third kappa shape index (κ3) is 48.9. The Morgan fingerprint density at radius 2 is 0.564 bits per heavy atom. The van der Waals surface area contributed by atoms with Crippen LogP contribution in [-0.2, 0) is 112 Å². The van der Waals surface area contributed by atoms with Crippen molar-refractivity contribution in [3.8, 4) is 11.5 Å². The maximum atomic E-state index is 13.1. The number of aromatic hydroxyl groups is 1.